The van der Waals surface area contributed by atoms with Gasteiger partial charge in [0.25, 0.3) is 0 Å². The molecular weight excluding hydrogens is 232 g/mol. The lowest BCUT2D eigenvalue weighted by molar-refractivity contribution is -0.146. The van der Waals surface area contributed by atoms with Crippen molar-refractivity contribution in [1.29, 1.82) is 0 Å². The zero-order chi connectivity index (χ0) is 12.9. The van der Waals surface area contributed by atoms with Crippen LogP contribution in [0.3, 0.4) is 0 Å². The van der Waals surface area contributed by atoms with Gasteiger partial charge in [0.15, 0.2) is 0 Å². The number of nitrogens with zero attached hydrogens (tertiary/aromatic N) is 1. The Bertz CT molecular complexity index is 428. The summed E-state index contributed by atoms with van der Waals surface area (Å²) in [5, 5.41) is 2.35. The van der Waals surface area contributed by atoms with Gasteiger partial charge in [0.2, 0.25) is 11.8 Å². The van der Waals surface area contributed by atoms with Crippen LogP contribution in [0, 0.1) is 11.3 Å². The van der Waals surface area contributed by atoms with Gasteiger partial charge in [-0.1, -0.05) is 19.8 Å². The van der Waals surface area contributed by atoms with Crippen molar-refractivity contribution in [2.45, 2.75) is 51.5 Å². The number of carbonyl (C=O) groups excluding carboxylic acids is 3. The first-order valence-corrected chi connectivity index (χ1v) is 6.74. The quantitative estimate of drug-likeness (QED) is 0.716. The minimum Gasteiger partial charge on any atom is -0.277 e. The second kappa shape index (κ2) is 3.80. The number of urea groups is 1. The molecule has 1 spiro atoms. The molecule has 5 nitrogen and oxygen atoms in total. The summed E-state index contributed by atoms with van der Waals surface area (Å²) in [6.07, 6.45) is 5.11. The third-order valence-corrected chi connectivity index (χ3v) is 4.53. The molecular formula is C13H18N2O3. The van der Waals surface area contributed by atoms with E-state index in [0.29, 0.717) is 18.8 Å². The van der Waals surface area contributed by atoms with Crippen LogP contribution in [0.1, 0.15) is 45.4 Å². The van der Waals surface area contributed by atoms with Gasteiger partial charge in [0.1, 0.15) is 5.41 Å². The van der Waals surface area contributed by atoms with E-state index in [1.807, 2.05) is 0 Å². The van der Waals surface area contributed by atoms with Crippen LogP contribution in [0.15, 0.2) is 0 Å². The molecule has 1 N–H and O–H groups in total. The molecule has 0 radical (unpaired) electrons. The molecule has 2 atom stereocenters. The van der Waals surface area contributed by atoms with Gasteiger partial charge in [0.05, 0.1) is 0 Å². The van der Waals surface area contributed by atoms with Crippen molar-refractivity contribution >= 4 is 17.8 Å². The van der Waals surface area contributed by atoms with E-state index in [1.165, 1.54) is 4.90 Å². The highest BCUT2D eigenvalue weighted by molar-refractivity contribution is 6.21. The number of nitrogens with one attached hydrogen (secondary N) is 1. The number of amides is 4. The fourth-order valence-electron chi connectivity index (χ4n) is 3.23. The largest absolute Gasteiger partial charge is 0.331 e. The molecule has 0 bridgehead atoms. The molecule has 0 aromatic heterocycles. The zero-order valence-electron chi connectivity index (χ0n) is 10.6. The summed E-state index contributed by atoms with van der Waals surface area (Å²) < 4.78 is 0. The molecule has 4 amide bonds. The highest BCUT2D eigenvalue weighted by Gasteiger charge is 2.63. The van der Waals surface area contributed by atoms with Crippen LogP contribution in [0.4, 0.5) is 4.79 Å². The maximum Gasteiger partial charge on any atom is 0.331 e. The van der Waals surface area contributed by atoms with E-state index in [4.69, 9.17) is 0 Å². The lowest BCUT2D eigenvalue weighted by Gasteiger charge is -2.39. The summed E-state index contributed by atoms with van der Waals surface area (Å²) in [6.45, 7) is 2.15. The first kappa shape index (κ1) is 11.7. The zero-order valence-corrected chi connectivity index (χ0v) is 10.6. The normalized spacial score (nSPS) is 34.7. The summed E-state index contributed by atoms with van der Waals surface area (Å²) in [5.74, 6) is -0.106. The van der Waals surface area contributed by atoms with Gasteiger partial charge < -0.3 is 0 Å². The van der Waals surface area contributed by atoms with Crippen molar-refractivity contribution in [3.8, 4) is 0 Å². The topological polar surface area (TPSA) is 66.5 Å². The molecule has 3 fully saturated rings. The molecule has 0 aromatic rings. The first-order valence-electron chi connectivity index (χ1n) is 6.74. The van der Waals surface area contributed by atoms with Crippen LogP contribution in [0.25, 0.3) is 0 Å². The molecule has 2 saturated carbocycles. The number of hydrogen-bond acceptors (Lipinski definition) is 3. The monoisotopic (exact) mass is 250 g/mol. The first-order chi connectivity index (χ1) is 8.54. The smallest absolute Gasteiger partial charge is 0.277 e. The Morgan fingerprint density at radius 3 is 2.56 bits per heavy atom. The molecule has 1 aliphatic heterocycles. The summed E-state index contributed by atoms with van der Waals surface area (Å²) in [4.78, 5) is 37.3. The number of barbiturate groups is 1. The Morgan fingerprint density at radius 2 is 1.94 bits per heavy atom. The molecule has 5 heteroatoms. The van der Waals surface area contributed by atoms with E-state index in [-0.39, 0.29) is 11.9 Å². The van der Waals surface area contributed by atoms with Gasteiger partial charge in [-0.05, 0) is 31.6 Å². The number of imide groups is 2. The average molecular weight is 250 g/mol. The van der Waals surface area contributed by atoms with Crippen molar-refractivity contribution < 1.29 is 14.4 Å². The fraction of sp³-hybridized carbons (Fsp3) is 0.769. The summed E-state index contributed by atoms with van der Waals surface area (Å²) in [6, 6.07) is -0.534. The third-order valence-electron chi connectivity index (χ3n) is 4.53. The van der Waals surface area contributed by atoms with E-state index in [9.17, 15) is 14.4 Å². The van der Waals surface area contributed by atoms with Crippen molar-refractivity contribution in [3.05, 3.63) is 0 Å². The minimum absolute atomic E-state index is 0.0215. The summed E-state index contributed by atoms with van der Waals surface area (Å²) in [5.41, 5.74) is -0.894. The van der Waals surface area contributed by atoms with Gasteiger partial charge in [-0.3, -0.25) is 19.8 Å². The molecule has 3 aliphatic rings. The van der Waals surface area contributed by atoms with E-state index < -0.39 is 17.4 Å². The maximum absolute atomic E-state index is 12.4. The molecule has 0 aromatic carbocycles. The fourth-order valence-corrected chi connectivity index (χ4v) is 3.23. The van der Waals surface area contributed by atoms with Gasteiger partial charge in [-0.25, -0.2) is 4.79 Å². The SMILES string of the molecule is CC1CCCC(N2C(=O)NC(=O)C3(CC3)C2=O)C1. The molecule has 3 rings (SSSR count). The average Bonchev–Trinajstić information content (AvgIpc) is 3.08. The molecule has 98 valence electrons. The van der Waals surface area contributed by atoms with Crippen LogP contribution in [-0.2, 0) is 9.59 Å². The molecule has 1 heterocycles. The molecule has 2 aliphatic carbocycles. The van der Waals surface area contributed by atoms with Gasteiger partial charge >= 0.3 is 6.03 Å². The lowest BCUT2D eigenvalue weighted by atomic mass is 9.85. The highest BCUT2D eigenvalue weighted by Crippen LogP contribution is 2.50. The Kier molecular flexibility index (Phi) is 2.47. The van der Waals surface area contributed by atoms with Gasteiger partial charge in [-0.15, -0.1) is 0 Å². The van der Waals surface area contributed by atoms with E-state index >= 15 is 0 Å². The highest BCUT2D eigenvalue weighted by atomic mass is 16.2. The van der Waals surface area contributed by atoms with Crippen LogP contribution in [-0.4, -0.2) is 28.8 Å². The van der Waals surface area contributed by atoms with Crippen LogP contribution < -0.4 is 5.32 Å². The molecule has 1 saturated heterocycles. The Labute approximate surface area is 106 Å². The Balaban J connectivity index is 1.84. The van der Waals surface area contributed by atoms with Crippen LogP contribution in [0.2, 0.25) is 0 Å². The number of hydrogen-bond donors (Lipinski definition) is 1. The predicted molar refractivity (Wildman–Crippen MR) is 63.5 cm³/mol. The van der Waals surface area contributed by atoms with Crippen LogP contribution >= 0.6 is 0 Å². The van der Waals surface area contributed by atoms with Crippen molar-refractivity contribution in [3.63, 3.8) is 0 Å². The third kappa shape index (κ3) is 1.56. The van der Waals surface area contributed by atoms with Crippen molar-refractivity contribution in [2.24, 2.45) is 11.3 Å². The van der Waals surface area contributed by atoms with E-state index in [2.05, 4.69) is 12.2 Å². The van der Waals surface area contributed by atoms with Crippen molar-refractivity contribution in [1.82, 2.24) is 10.2 Å². The minimum atomic E-state index is -0.894. The van der Waals surface area contributed by atoms with Crippen LogP contribution in [0.5, 0.6) is 0 Å². The summed E-state index contributed by atoms with van der Waals surface area (Å²) in [7, 11) is 0. The number of carbonyl (C=O) groups is 3. The standard InChI is InChI=1S/C13H18N2O3/c1-8-3-2-4-9(7-8)15-11(17)13(5-6-13)10(16)14-12(15)18/h8-9H,2-7H2,1H3,(H,14,16,18). The second-order valence-corrected chi connectivity index (χ2v) is 5.94. The predicted octanol–water partition coefficient (Wildman–Crippen LogP) is 1.42. The molecule has 2 unspecified atom stereocenters. The molecule has 18 heavy (non-hydrogen) atoms. The van der Waals surface area contributed by atoms with E-state index in [1.54, 1.807) is 0 Å². The lowest BCUT2D eigenvalue weighted by Crippen LogP contribution is -2.62. The Hall–Kier alpha value is -1.39. The van der Waals surface area contributed by atoms with E-state index in [0.717, 1.165) is 25.7 Å². The number of rotatable bonds is 1. The van der Waals surface area contributed by atoms with Gasteiger partial charge in [-0.2, -0.15) is 0 Å². The van der Waals surface area contributed by atoms with Gasteiger partial charge in [0, 0.05) is 6.04 Å². The summed E-state index contributed by atoms with van der Waals surface area (Å²) >= 11 is 0. The second-order valence-electron chi connectivity index (χ2n) is 5.94. The Morgan fingerprint density at radius 1 is 1.22 bits per heavy atom. The maximum atomic E-state index is 12.4. The van der Waals surface area contributed by atoms with Crippen molar-refractivity contribution in [2.75, 3.05) is 0 Å².